The number of quaternary nitrogens is 2. The summed E-state index contributed by atoms with van der Waals surface area (Å²) in [4.78, 5) is 27.1. The van der Waals surface area contributed by atoms with Crippen LogP contribution >= 0.6 is 11.6 Å². The summed E-state index contributed by atoms with van der Waals surface area (Å²) >= 11 is 5.96. The second-order valence-corrected chi connectivity index (χ2v) is 7.80. The first-order valence-corrected chi connectivity index (χ1v) is 10.1. The molecule has 1 saturated heterocycles. The molecule has 154 valence electrons. The molecule has 2 aromatic rings. The molecule has 1 aliphatic rings. The fraction of sp³-hybridized carbons (Fsp3) is 0.333. The summed E-state index contributed by atoms with van der Waals surface area (Å²) in [6.45, 7) is 5.42. The van der Waals surface area contributed by atoms with Gasteiger partial charge in [-0.25, -0.2) is 4.39 Å². The molecule has 0 bridgehead atoms. The molecule has 0 aliphatic carbocycles. The van der Waals surface area contributed by atoms with E-state index in [9.17, 15) is 14.0 Å². The van der Waals surface area contributed by atoms with E-state index >= 15 is 0 Å². The molecule has 1 fully saturated rings. The Morgan fingerprint density at radius 1 is 1.03 bits per heavy atom. The number of carbonyl (C=O) groups excluding carboxylic acids is 2. The Hall–Kier alpha value is -2.48. The van der Waals surface area contributed by atoms with Gasteiger partial charge in [-0.3, -0.25) is 9.59 Å². The number of hydrogen-bond donors (Lipinski definition) is 4. The molecule has 1 heterocycles. The van der Waals surface area contributed by atoms with Crippen LogP contribution in [0, 0.1) is 5.82 Å². The van der Waals surface area contributed by atoms with Gasteiger partial charge in [0.2, 0.25) is 0 Å². The van der Waals surface area contributed by atoms with Gasteiger partial charge in [-0.1, -0.05) is 23.7 Å². The fourth-order valence-corrected chi connectivity index (χ4v) is 3.73. The van der Waals surface area contributed by atoms with E-state index in [0.717, 1.165) is 31.1 Å². The first-order chi connectivity index (χ1) is 13.9. The lowest BCUT2D eigenvalue weighted by molar-refractivity contribution is -1.01. The standard InChI is InChI=1S/C21H24ClFN4O2/c1-15(21(29)25-18-6-2-4-16(22)12-18)27-10-8-26(9-11-27)14-20(28)24-19-7-3-5-17(23)13-19/h2-7,12-13,15H,8-11,14H2,1H3,(H,24,28)(H,25,29)/p+2/t15-/m1/s1. The zero-order valence-corrected chi connectivity index (χ0v) is 17.1. The SMILES string of the molecule is C[C@H](C(=O)Nc1cccc(Cl)c1)[NH+]1CC[NH+](CC(=O)Nc2cccc(F)c2)CC1. The average molecular weight is 421 g/mol. The van der Waals surface area contributed by atoms with Crippen molar-refractivity contribution in [2.75, 3.05) is 43.4 Å². The summed E-state index contributed by atoms with van der Waals surface area (Å²) in [5.74, 6) is -0.562. The molecule has 8 heteroatoms. The van der Waals surface area contributed by atoms with Crippen LogP contribution in [0.2, 0.25) is 5.02 Å². The van der Waals surface area contributed by atoms with Gasteiger partial charge in [0.15, 0.2) is 12.6 Å². The van der Waals surface area contributed by atoms with E-state index in [0.29, 0.717) is 22.9 Å². The number of hydrogen-bond acceptors (Lipinski definition) is 2. The lowest BCUT2D eigenvalue weighted by Gasteiger charge is -2.32. The molecule has 0 saturated carbocycles. The number of halogens is 2. The van der Waals surface area contributed by atoms with Gasteiger partial charge in [0, 0.05) is 16.4 Å². The molecule has 3 rings (SSSR count). The Morgan fingerprint density at radius 2 is 1.69 bits per heavy atom. The third-order valence-corrected chi connectivity index (χ3v) is 5.45. The van der Waals surface area contributed by atoms with Gasteiger partial charge >= 0.3 is 0 Å². The molecule has 29 heavy (non-hydrogen) atoms. The molecule has 1 aliphatic heterocycles. The normalized spacial score (nSPS) is 20.0. The van der Waals surface area contributed by atoms with Gasteiger partial charge in [0.25, 0.3) is 11.8 Å². The van der Waals surface area contributed by atoms with Crippen molar-refractivity contribution in [3.63, 3.8) is 0 Å². The number of carbonyl (C=O) groups is 2. The van der Waals surface area contributed by atoms with E-state index in [4.69, 9.17) is 11.6 Å². The van der Waals surface area contributed by atoms with E-state index in [1.165, 1.54) is 17.0 Å². The topological polar surface area (TPSA) is 67.1 Å². The molecule has 0 aromatic heterocycles. The lowest BCUT2D eigenvalue weighted by Crippen LogP contribution is -3.30. The summed E-state index contributed by atoms with van der Waals surface area (Å²) in [7, 11) is 0. The summed E-state index contributed by atoms with van der Waals surface area (Å²) in [6, 6.07) is 12.8. The molecule has 4 N–H and O–H groups in total. The molecule has 6 nitrogen and oxygen atoms in total. The van der Waals surface area contributed by atoms with Gasteiger partial charge < -0.3 is 20.4 Å². The van der Waals surface area contributed by atoms with Gasteiger partial charge in [-0.2, -0.15) is 0 Å². The zero-order valence-electron chi connectivity index (χ0n) is 16.3. The Kier molecular flexibility index (Phi) is 7.19. The molecule has 2 amide bonds. The average Bonchev–Trinajstić information content (AvgIpc) is 2.68. The predicted octanol–water partition coefficient (Wildman–Crippen LogP) is 0.228. The van der Waals surface area contributed by atoms with Crippen LogP contribution in [0.5, 0.6) is 0 Å². The van der Waals surface area contributed by atoms with Crippen molar-refractivity contribution in [1.29, 1.82) is 0 Å². The Morgan fingerprint density at radius 3 is 2.34 bits per heavy atom. The van der Waals surface area contributed by atoms with E-state index in [1.807, 2.05) is 13.0 Å². The number of rotatable bonds is 6. The van der Waals surface area contributed by atoms with Crippen LogP contribution in [0.4, 0.5) is 15.8 Å². The third-order valence-electron chi connectivity index (χ3n) is 5.22. The van der Waals surface area contributed by atoms with Crippen LogP contribution in [-0.2, 0) is 9.59 Å². The fourth-order valence-electron chi connectivity index (χ4n) is 3.54. The Bertz CT molecular complexity index is 871. The highest BCUT2D eigenvalue weighted by Gasteiger charge is 2.31. The monoisotopic (exact) mass is 420 g/mol. The summed E-state index contributed by atoms with van der Waals surface area (Å²) in [5.41, 5.74) is 1.15. The van der Waals surface area contributed by atoms with E-state index < -0.39 is 0 Å². The molecule has 2 aromatic carbocycles. The number of piperazine rings is 1. The van der Waals surface area contributed by atoms with Crippen LogP contribution in [0.3, 0.4) is 0 Å². The maximum Gasteiger partial charge on any atom is 0.282 e. The Balaban J connectivity index is 1.44. The van der Waals surface area contributed by atoms with E-state index in [1.54, 1.807) is 30.3 Å². The van der Waals surface area contributed by atoms with Crippen molar-refractivity contribution in [1.82, 2.24) is 0 Å². The minimum atomic E-state index is -0.377. The van der Waals surface area contributed by atoms with Gasteiger partial charge in [0.05, 0.1) is 0 Å². The summed E-state index contributed by atoms with van der Waals surface area (Å²) in [5, 5.41) is 6.22. The van der Waals surface area contributed by atoms with Crippen LogP contribution < -0.4 is 20.4 Å². The maximum absolute atomic E-state index is 13.2. The molecule has 1 atom stereocenters. The summed E-state index contributed by atoms with van der Waals surface area (Å²) in [6.07, 6.45) is 0. The van der Waals surface area contributed by atoms with Gasteiger partial charge in [-0.05, 0) is 43.3 Å². The van der Waals surface area contributed by atoms with Crippen molar-refractivity contribution in [3.8, 4) is 0 Å². The van der Waals surface area contributed by atoms with Crippen molar-refractivity contribution in [2.45, 2.75) is 13.0 Å². The number of nitrogens with one attached hydrogen (secondary N) is 4. The van der Waals surface area contributed by atoms with Crippen molar-refractivity contribution in [2.24, 2.45) is 0 Å². The van der Waals surface area contributed by atoms with Crippen LogP contribution in [0.1, 0.15) is 6.92 Å². The first kappa shape index (κ1) is 21.2. The molecule has 0 unspecified atom stereocenters. The highest BCUT2D eigenvalue weighted by molar-refractivity contribution is 6.30. The number of amides is 2. The quantitative estimate of drug-likeness (QED) is 0.540. The summed E-state index contributed by atoms with van der Waals surface area (Å²) < 4.78 is 13.2. The highest BCUT2D eigenvalue weighted by Crippen LogP contribution is 2.14. The largest absolute Gasteiger partial charge is 0.321 e. The van der Waals surface area contributed by atoms with Crippen LogP contribution in [0.15, 0.2) is 48.5 Å². The van der Waals surface area contributed by atoms with E-state index in [-0.39, 0.29) is 23.7 Å². The number of benzene rings is 2. The maximum atomic E-state index is 13.2. The van der Waals surface area contributed by atoms with Crippen LogP contribution in [-0.4, -0.2) is 50.6 Å². The zero-order chi connectivity index (χ0) is 20.8. The van der Waals surface area contributed by atoms with Crippen molar-refractivity contribution >= 4 is 34.8 Å². The minimum Gasteiger partial charge on any atom is -0.321 e. The van der Waals surface area contributed by atoms with Crippen molar-refractivity contribution < 1.29 is 23.8 Å². The lowest BCUT2D eigenvalue weighted by atomic mass is 10.2. The first-order valence-electron chi connectivity index (χ1n) is 9.70. The second-order valence-electron chi connectivity index (χ2n) is 7.36. The minimum absolute atomic E-state index is 0.0467. The highest BCUT2D eigenvalue weighted by atomic mass is 35.5. The third kappa shape index (κ3) is 6.25. The molecular formula is C21H26ClFN4O2+2. The van der Waals surface area contributed by atoms with Gasteiger partial charge in [0.1, 0.15) is 32.0 Å². The molecule has 0 spiro atoms. The van der Waals surface area contributed by atoms with Gasteiger partial charge in [-0.15, -0.1) is 0 Å². The smallest absolute Gasteiger partial charge is 0.282 e. The van der Waals surface area contributed by atoms with Crippen LogP contribution in [0.25, 0.3) is 0 Å². The molecular weight excluding hydrogens is 395 g/mol. The van der Waals surface area contributed by atoms with Crippen molar-refractivity contribution in [3.05, 3.63) is 59.4 Å². The Labute approximate surface area is 174 Å². The second kappa shape index (κ2) is 9.82. The number of anilines is 2. The predicted molar refractivity (Wildman–Crippen MR) is 111 cm³/mol. The van der Waals surface area contributed by atoms with E-state index in [2.05, 4.69) is 10.6 Å². The molecule has 0 radical (unpaired) electrons.